The molecule has 0 spiro atoms. The summed E-state index contributed by atoms with van der Waals surface area (Å²) in [6.45, 7) is 9.97. The molecule has 1 aliphatic heterocycles. The van der Waals surface area contributed by atoms with Crippen LogP contribution in [-0.2, 0) is 5.54 Å². The van der Waals surface area contributed by atoms with Gasteiger partial charge in [0.15, 0.2) is 0 Å². The Hall–Kier alpha value is -0.450. The molecule has 3 nitrogen and oxygen atoms in total. The van der Waals surface area contributed by atoms with Crippen LogP contribution in [0.25, 0.3) is 0 Å². The van der Waals surface area contributed by atoms with Gasteiger partial charge in [0.05, 0.1) is 11.2 Å². The monoisotopic (exact) mass is 267 g/mol. The van der Waals surface area contributed by atoms with Gasteiger partial charge in [-0.15, -0.1) is 11.3 Å². The first-order valence-corrected chi connectivity index (χ1v) is 7.85. The van der Waals surface area contributed by atoms with Gasteiger partial charge in [-0.3, -0.25) is 0 Å². The number of rotatable bonds is 5. The number of likely N-dealkylation sites (tertiary alicyclic amines) is 1. The Balaban J connectivity index is 2.22. The van der Waals surface area contributed by atoms with E-state index in [2.05, 4.69) is 43.4 Å². The van der Waals surface area contributed by atoms with Gasteiger partial charge in [0.25, 0.3) is 0 Å². The molecular weight excluding hydrogens is 242 g/mol. The van der Waals surface area contributed by atoms with Crippen LogP contribution in [0.4, 0.5) is 0 Å². The number of likely N-dealkylation sites (N-methyl/N-ethyl adjacent to an activating group) is 1. The van der Waals surface area contributed by atoms with Crippen molar-refractivity contribution in [2.45, 2.75) is 45.1 Å². The summed E-state index contributed by atoms with van der Waals surface area (Å²) >= 11 is 1.83. The van der Waals surface area contributed by atoms with E-state index in [1.165, 1.54) is 23.5 Å². The Morgan fingerprint density at radius 3 is 2.83 bits per heavy atom. The van der Waals surface area contributed by atoms with Crippen molar-refractivity contribution < 1.29 is 0 Å². The highest BCUT2D eigenvalue weighted by atomic mass is 32.1. The van der Waals surface area contributed by atoms with Gasteiger partial charge in [-0.1, -0.05) is 20.8 Å². The molecule has 18 heavy (non-hydrogen) atoms. The number of nitrogens with one attached hydrogen (secondary N) is 1. The molecular formula is C14H25N3S. The highest BCUT2D eigenvalue weighted by Crippen LogP contribution is 2.34. The van der Waals surface area contributed by atoms with E-state index in [0.29, 0.717) is 5.92 Å². The lowest BCUT2D eigenvalue weighted by molar-refractivity contribution is 0.315. The van der Waals surface area contributed by atoms with Gasteiger partial charge < -0.3 is 10.2 Å². The minimum absolute atomic E-state index is 0.0998. The molecule has 0 saturated carbocycles. The van der Waals surface area contributed by atoms with Gasteiger partial charge in [-0.25, -0.2) is 4.98 Å². The molecule has 2 heterocycles. The highest BCUT2D eigenvalue weighted by Gasteiger charge is 2.40. The minimum atomic E-state index is 0.0998. The van der Waals surface area contributed by atoms with Crippen molar-refractivity contribution >= 4 is 11.3 Å². The first-order chi connectivity index (χ1) is 8.57. The molecule has 2 rings (SSSR count). The predicted octanol–water partition coefficient (Wildman–Crippen LogP) is 2.80. The molecule has 1 aromatic rings. The molecule has 1 aromatic heterocycles. The fourth-order valence-corrected chi connectivity index (χ4v) is 3.71. The summed E-state index contributed by atoms with van der Waals surface area (Å²) in [4.78, 5) is 7.28. The number of hydrogen-bond donors (Lipinski definition) is 1. The number of aromatic nitrogens is 1. The van der Waals surface area contributed by atoms with Crippen LogP contribution in [0.15, 0.2) is 5.38 Å². The first kappa shape index (κ1) is 14.0. The van der Waals surface area contributed by atoms with Gasteiger partial charge in [-0.05, 0) is 32.4 Å². The Morgan fingerprint density at radius 1 is 1.56 bits per heavy atom. The number of thiazole rings is 1. The summed E-state index contributed by atoms with van der Waals surface area (Å²) < 4.78 is 0. The van der Waals surface area contributed by atoms with Crippen molar-refractivity contribution in [1.82, 2.24) is 15.2 Å². The fraction of sp³-hybridized carbons (Fsp3) is 0.786. The molecule has 1 atom stereocenters. The summed E-state index contributed by atoms with van der Waals surface area (Å²) in [6.07, 6.45) is 2.35. The van der Waals surface area contributed by atoms with Crippen LogP contribution < -0.4 is 5.32 Å². The van der Waals surface area contributed by atoms with Gasteiger partial charge in [0, 0.05) is 18.5 Å². The summed E-state index contributed by atoms with van der Waals surface area (Å²) in [5.74, 6) is 0.525. The Kier molecular flexibility index (Phi) is 4.41. The quantitative estimate of drug-likeness (QED) is 0.889. The second-order valence-corrected chi connectivity index (χ2v) is 6.59. The van der Waals surface area contributed by atoms with Crippen LogP contribution >= 0.6 is 11.3 Å². The second kappa shape index (κ2) is 5.68. The fourth-order valence-electron chi connectivity index (χ4n) is 2.53. The maximum absolute atomic E-state index is 4.88. The van der Waals surface area contributed by atoms with Crippen LogP contribution in [-0.4, -0.2) is 36.6 Å². The van der Waals surface area contributed by atoms with Crippen LogP contribution in [0.2, 0.25) is 0 Å². The zero-order chi connectivity index (χ0) is 13.2. The molecule has 0 aliphatic carbocycles. The summed E-state index contributed by atoms with van der Waals surface area (Å²) in [6, 6.07) is 0. The van der Waals surface area contributed by atoms with Crippen LogP contribution in [0.3, 0.4) is 0 Å². The van der Waals surface area contributed by atoms with Crippen LogP contribution in [0, 0.1) is 0 Å². The zero-order valence-electron chi connectivity index (χ0n) is 12.0. The van der Waals surface area contributed by atoms with E-state index in [1.807, 2.05) is 11.3 Å². The summed E-state index contributed by atoms with van der Waals surface area (Å²) in [5, 5.41) is 7.26. The maximum atomic E-state index is 4.88. The third-order valence-electron chi connectivity index (χ3n) is 3.70. The molecule has 1 fully saturated rings. The van der Waals surface area contributed by atoms with E-state index in [4.69, 9.17) is 4.98 Å². The number of nitrogens with zero attached hydrogens (tertiary/aromatic N) is 2. The van der Waals surface area contributed by atoms with E-state index >= 15 is 0 Å². The highest BCUT2D eigenvalue weighted by molar-refractivity contribution is 7.09. The molecule has 1 saturated heterocycles. The van der Waals surface area contributed by atoms with E-state index in [0.717, 1.165) is 19.6 Å². The maximum Gasteiger partial charge on any atom is 0.114 e. The molecule has 1 aliphatic rings. The molecule has 0 amide bonds. The molecule has 1 N–H and O–H groups in total. The lowest BCUT2D eigenvalue weighted by Crippen LogP contribution is -2.44. The molecule has 102 valence electrons. The van der Waals surface area contributed by atoms with E-state index in [1.54, 1.807) is 0 Å². The molecule has 0 aromatic carbocycles. The Labute approximate surface area is 115 Å². The van der Waals surface area contributed by atoms with Crippen LogP contribution in [0.5, 0.6) is 0 Å². The third-order valence-corrected chi connectivity index (χ3v) is 4.76. The molecule has 4 heteroatoms. The zero-order valence-corrected chi connectivity index (χ0v) is 12.8. The second-order valence-electron chi connectivity index (χ2n) is 5.73. The van der Waals surface area contributed by atoms with Crippen molar-refractivity contribution in [3.8, 4) is 0 Å². The van der Waals surface area contributed by atoms with Gasteiger partial charge in [-0.2, -0.15) is 0 Å². The minimum Gasteiger partial charge on any atom is -0.304 e. The van der Waals surface area contributed by atoms with E-state index in [-0.39, 0.29) is 5.54 Å². The Morgan fingerprint density at radius 2 is 2.33 bits per heavy atom. The molecule has 0 radical (unpaired) electrons. The molecule has 1 unspecified atom stereocenters. The van der Waals surface area contributed by atoms with Gasteiger partial charge in [0.2, 0.25) is 0 Å². The normalized spacial score (nSPS) is 25.2. The average molecular weight is 267 g/mol. The lowest BCUT2D eigenvalue weighted by atomic mass is 9.99. The standard InChI is InChI=1S/C14H25N3S/c1-5-7-15-14(6-8-17(4)10-14)13-16-12(9-18-13)11(2)3/h9,11,15H,5-8,10H2,1-4H3. The van der Waals surface area contributed by atoms with E-state index in [9.17, 15) is 0 Å². The number of hydrogen-bond acceptors (Lipinski definition) is 4. The lowest BCUT2D eigenvalue weighted by Gasteiger charge is -2.28. The predicted molar refractivity (Wildman–Crippen MR) is 78.3 cm³/mol. The summed E-state index contributed by atoms with van der Waals surface area (Å²) in [7, 11) is 2.20. The van der Waals surface area contributed by atoms with Gasteiger partial charge in [0.1, 0.15) is 5.01 Å². The van der Waals surface area contributed by atoms with Crippen molar-refractivity contribution in [2.24, 2.45) is 0 Å². The topological polar surface area (TPSA) is 28.2 Å². The summed E-state index contributed by atoms with van der Waals surface area (Å²) in [5.41, 5.74) is 1.34. The first-order valence-electron chi connectivity index (χ1n) is 6.97. The van der Waals surface area contributed by atoms with Gasteiger partial charge >= 0.3 is 0 Å². The largest absolute Gasteiger partial charge is 0.304 e. The third kappa shape index (κ3) is 2.76. The van der Waals surface area contributed by atoms with E-state index < -0.39 is 0 Å². The SMILES string of the molecule is CCCNC1(c2nc(C(C)C)cs2)CCN(C)C1. The Bertz CT molecular complexity index is 388. The molecule has 0 bridgehead atoms. The average Bonchev–Trinajstić information content (AvgIpc) is 2.94. The van der Waals surface area contributed by atoms with Crippen molar-refractivity contribution in [1.29, 1.82) is 0 Å². The van der Waals surface area contributed by atoms with Crippen molar-refractivity contribution in [3.05, 3.63) is 16.1 Å². The van der Waals surface area contributed by atoms with Crippen molar-refractivity contribution in [3.63, 3.8) is 0 Å². The smallest absolute Gasteiger partial charge is 0.114 e. The van der Waals surface area contributed by atoms with Crippen LogP contribution in [0.1, 0.15) is 50.2 Å². The van der Waals surface area contributed by atoms with Crippen molar-refractivity contribution in [2.75, 3.05) is 26.7 Å².